The summed E-state index contributed by atoms with van der Waals surface area (Å²) >= 11 is 4.80. The zero-order valence-electron chi connectivity index (χ0n) is 53.6. The summed E-state index contributed by atoms with van der Waals surface area (Å²) in [5.74, 6) is 0. The summed E-state index contributed by atoms with van der Waals surface area (Å²) in [7, 11) is 0. The highest BCUT2D eigenvalue weighted by Gasteiger charge is 2.54. The summed E-state index contributed by atoms with van der Waals surface area (Å²) in [6.07, 6.45) is 4.23. The van der Waals surface area contributed by atoms with Crippen molar-refractivity contribution < 1.29 is 0 Å². The lowest BCUT2D eigenvalue weighted by Crippen LogP contribution is -2.30. The first-order valence-electron chi connectivity index (χ1n) is 34.1. The van der Waals surface area contributed by atoms with Gasteiger partial charge in [-0.1, -0.05) is 279 Å². The molecule has 0 saturated heterocycles. The molecule has 15 aromatic carbocycles. The lowest BCUT2D eigenvalue weighted by molar-refractivity contribution is 0.794. The van der Waals surface area contributed by atoms with Gasteiger partial charge in [0.15, 0.2) is 0 Å². The first-order valence-corrected chi connectivity index (χ1v) is 34.5. The molecule has 4 nitrogen and oxygen atoms in total. The summed E-state index contributed by atoms with van der Waals surface area (Å²) in [6, 6.07) is 121. The van der Waals surface area contributed by atoms with Crippen molar-refractivity contribution in [2.24, 2.45) is 4.40 Å². The van der Waals surface area contributed by atoms with Crippen LogP contribution in [0.1, 0.15) is 50.1 Å². The molecule has 0 amide bonds. The van der Waals surface area contributed by atoms with Crippen molar-refractivity contribution in [1.82, 2.24) is 4.57 Å². The lowest BCUT2D eigenvalue weighted by atomic mass is 9.70. The van der Waals surface area contributed by atoms with E-state index in [0.29, 0.717) is 5.71 Å². The Bertz CT molecular complexity index is 6150. The number of hydrogen-bond donors (Lipinski definition) is 2. The van der Waals surface area contributed by atoms with E-state index in [1.807, 2.05) is 0 Å². The summed E-state index contributed by atoms with van der Waals surface area (Å²) in [5.41, 5.74) is 32.5. The summed E-state index contributed by atoms with van der Waals surface area (Å²) in [4.78, 5) is 2.27. The predicted molar refractivity (Wildman–Crippen MR) is 414 cm³/mol. The molecule has 0 bridgehead atoms. The number of rotatable bonds is 7. The average molecular weight is 1280 g/mol. The van der Waals surface area contributed by atoms with Crippen LogP contribution >= 0.6 is 12.8 Å². The van der Waals surface area contributed by atoms with Crippen LogP contribution in [0.3, 0.4) is 0 Å². The van der Waals surface area contributed by atoms with Gasteiger partial charge in [0, 0.05) is 33.4 Å². The molecule has 0 fully saturated rings. The first kappa shape index (κ1) is 55.8. The van der Waals surface area contributed by atoms with Crippen LogP contribution in [0.2, 0.25) is 0 Å². The molecular formula is C94H58N4S. The Balaban J connectivity index is 0.720. The second-order valence-electron chi connectivity index (χ2n) is 26.9. The highest BCUT2D eigenvalue weighted by Crippen LogP contribution is 2.66. The molecule has 16 aromatic rings. The maximum Gasteiger partial charge on any atom is 0.121 e. The number of aromatic nitrogens is 1. The Hall–Kier alpha value is -12.4. The molecule has 99 heavy (non-hydrogen) atoms. The molecule has 0 atom stereocenters. The average Bonchev–Trinajstić information content (AvgIpc) is 1.52. The van der Waals surface area contributed by atoms with Crippen molar-refractivity contribution in [3.05, 3.63) is 396 Å². The van der Waals surface area contributed by atoms with Crippen molar-refractivity contribution >= 4 is 84.5 Å². The Morgan fingerprint density at radius 1 is 0.323 bits per heavy atom. The van der Waals surface area contributed by atoms with E-state index < -0.39 is 10.8 Å². The largest absolute Gasteiger partial charge is 0.309 e. The van der Waals surface area contributed by atoms with Crippen LogP contribution < -0.4 is 4.90 Å². The van der Waals surface area contributed by atoms with Crippen molar-refractivity contribution in [3.8, 4) is 72.4 Å². The summed E-state index contributed by atoms with van der Waals surface area (Å²) in [5, 5.41) is 17.7. The zero-order valence-corrected chi connectivity index (χ0v) is 54.5. The molecule has 5 heteroatoms. The Morgan fingerprint density at radius 3 is 1.22 bits per heavy atom. The number of allylic oxidation sites excluding steroid dienone is 4. The molecule has 1 aromatic heterocycles. The van der Waals surface area contributed by atoms with E-state index in [0.717, 1.165) is 61.6 Å². The van der Waals surface area contributed by atoms with Gasteiger partial charge in [-0.25, -0.2) is 4.40 Å². The molecule has 5 aliphatic rings. The third-order valence-electron chi connectivity index (χ3n) is 22.4. The number of thiol groups is 1. The van der Waals surface area contributed by atoms with Crippen molar-refractivity contribution in [2.45, 2.75) is 10.8 Å². The van der Waals surface area contributed by atoms with Crippen LogP contribution in [0.5, 0.6) is 0 Å². The molecule has 0 unspecified atom stereocenters. The predicted octanol–water partition coefficient (Wildman–Crippen LogP) is 23.5. The molecule has 460 valence electrons. The first-order chi connectivity index (χ1) is 49.0. The van der Waals surface area contributed by atoms with Gasteiger partial charge in [-0.05, 0) is 212 Å². The lowest BCUT2D eigenvalue weighted by Gasteiger charge is -2.31. The van der Waals surface area contributed by atoms with Crippen LogP contribution in [0.4, 0.5) is 11.4 Å². The second kappa shape index (κ2) is 21.0. The van der Waals surface area contributed by atoms with Gasteiger partial charge in [0.25, 0.3) is 0 Å². The maximum absolute atomic E-state index is 10.3. The minimum atomic E-state index is -0.487. The Kier molecular flexibility index (Phi) is 11.9. The quantitative estimate of drug-likeness (QED) is 0.121. The third kappa shape index (κ3) is 7.49. The maximum atomic E-state index is 10.3. The van der Waals surface area contributed by atoms with E-state index in [1.165, 1.54) is 127 Å². The molecule has 0 saturated carbocycles. The number of nitrogens with zero attached hydrogens (tertiary/aromatic N) is 3. The fraction of sp³-hybridized carbons (Fsp3) is 0.0213. The molecular weight excluding hydrogens is 1220 g/mol. The highest BCUT2D eigenvalue weighted by molar-refractivity contribution is 7.79. The molecule has 5 aliphatic carbocycles. The van der Waals surface area contributed by atoms with Crippen molar-refractivity contribution in [1.29, 1.82) is 5.41 Å². The molecule has 1 N–H and O–H groups in total. The van der Waals surface area contributed by atoms with Crippen LogP contribution in [-0.2, 0) is 10.8 Å². The van der Waals surface area contributed by atoms with Crippen LogP contribution in [0, 0.1) is 5.41 Å². The fourth-order valence-electron chi connectivity index (χ4n) is 18.5. The van der Waals surface area contributed by atoms with Gasteiger partial charge in [0.1, 0.15) is 5.71 Å². The summed E-state index contributed by atoms with van der Waals surface area (Å²) in [6.45, 7) is 0. The zero-order chi connectivity index (χ0) is 65.2. The van der Waals surface area contributed by atoms with Crippen molar-refractivity contribution in [2.75, 3.05) is 4.90 Å². The number of hydrogen-bond acceptors (Lipinski definition) is 4. The van der Waals surface area contributed by atoms with E-state index in [4.69, 9.17) is 17.2 Å². The number of benzene rings is 15. The Morgan fingerprint density at radius 2 is 0.727 bits per heavy atom. The van der Waals surface area contributed by atoms with Crippen LogP contribution in [-0.4, -0.2) is 16.0 Å². The minimum absolute atomic E-state index is 0.283. The van der Waals surface area contributed by atoms with Gasteiger partial charge in [-0.15, -0.1) is 0 Å². The highest BCUT2D eigenvalue weighted by atomic mass is 32.1. The van der Waals surface area contributed by atoms with Crippen LogP contribution in [0.25, 0.3) is 121 Å². The number of nitrogens with one attached hydrogen (secondary N) is 1. The molecule has 2 spiro atoms. The van der Waals surface area contributed by atoms with Gasteiger partial charge in [-0.2, -0.15) is 0 Å². The number of anilines is 2. The van der Waals surface area contributed by atoms with Crippen molar-refractivity contribution in [3.63, 3.8) is 0 Å². The topological polar surface area (TPSA) is 44.4 Å². The Labute approximate surface area is 578 Å². The molecule has 21 rings (SSSR count). The normalized spacial score (nSPS) is 14.8. The number of fused-ring (bicyclic) bond motifs is 27. The molecule has 0 aliphatic heterocycles. The standard InChI is InChI=1S/C94H58N4S/c95-91-69(60-44-50-63(51-45-60)98-84-53-46-57-20-1-3-24-66(57)89(84)90-67-25-4-2-21-58(67)47-54-85(90)98)52-55-86(92(91)96-99)97(62-48-42-59(43-49-62)65-32-18-40-82-87(65)74-30-9-15-38-80(74)93(82)76-34-11-5-26-70(76)71-27-6-12-35-77(71)93)64-23-17-22-61(56-64)68-33-19-41-83-88(68)75-31-10-16-39-81(75)94(83)78-36-13-7-28-72(78)73-29-8-14-37-79(73)94/h1-56,95,99H/b95-91?,96-92-. The van der Waals surface area contributed by atoms with Gasteiger partial charge < -0.3 is 9.47 Å². The third-order valence-corrected chi connectivity index (χ3v) is 22.6. The summed E-state index contributed by atoms with van der Waals surface area (Å²) < 4.78 is 7.18. The van der Waals surface area contributed by atoms with Crippen LogP contribution in [0.15, 0.2) is 350 Å². The van der Waals surface area contributed by atoms with Gasteiger partial charge in [0.05, 0.1) is 33.3 Å². The molecule has 1 heterocycles. The SMILES string of the molecule is N=C1C(c2ccc(-n3c4ccc5ccccc5c4c4c5ccccc5ccc43)cc2)=CC=C(N(c2ccc(-c3cccc4c3-c3ccccc3C43c4ccccc4-c4ccccc43)cc2)c2cccc(-c3cccc4c3-c3ccccc3C43c4ccccc4-c4ccccc43)c2)/C1=N/S. The van der Waals surface area contributed by atoms with E-state index >= 15 is 0 Å². The van der Waals surface area contributed by atoms with E-state index in [-0.39, 0.29) is 5.71 Å². The van der Waals surface area contributed by atoms with E-state index in [9.17, 15) is 5.41 Å². The van der Waals surface area contributed by atoms with E-state index in [2.05, 4.69) is 349 Å². The molecule has 0 radical (unpaired) electrons. The van der Waals surface area contributed by atoms with Gasteiger partial charge in [0.2, 0.25) is 0 Å². The van der Waals surface area contributed by atoms with E-state index in [1.54, 1.807) is 0 Å². The van der Waals surface area contributed by atoms with Gasteiger partial charge >= 0.3 is 0 Å². The van der Waals surface area contributed by atoms with Gasteiger partial charge in [-0.3, -0.25) is 5.41 Å². The monoisotopic (exact) mass is 1270 g/mol. The minimum Gasteiger partial charge on any atom is -0.309 e. The fourth-order valence-corrected chi connectivity index (χ4v) is 18.7. The second-order valence-corrected chi connectivity index (χ2v) is 27.1. The smallest absolute Gasteiger partial charge is 0.121 e.